The fourth-order valence-electron chi connectivity index (χ4n) is 2.66. The third-order valence-electron chi connectivity index (χ3n) is 4.03. The number of hydrogen-bond donors (Lipinski definition) is 2. The van der Waals surface area contributed by atoms with Crippen LogP contribution in [0.3, 0.4) is 0 Å². The van der Waals surface area contributed by atoms with Gasteiger partial charge in [0, 0.05) is 30.1 Å². The normalized spacial score (nSPS) is 10.8. The molecule has 3 aromatic heterocycles. The molecule has 0 saturated heterocycles. The molecule has 0 fully saturated rings. The molecule has 0 aliphatic rings. The average molecular weight is 410 g/mol. The second-order valence-electron chi connectivity index (χ2n) is 6.07. The van der Waals surface area contributed by atoms with E-state index in [2.05, 4.69) is 25.7 Å². The van der Waals surface area contributed by atoms with Gasteiger partial charge in [-0.1, -0.05) is 12.1 Å². The summed E-state index contributed by atoms with van der Waals surface area (Å²) in [6, 6.07) is 9.38. The molecule has 2 N–H and O–H groups in total. The van der Waals surface area contributed by atoms with Crippen molar-refractivity contribution < 1.29 is 14.0 Å². The molecule has 4 rings (SSSR count). The van der Waals surface area contributed by atoms with Crippen molar-refractivity contribution in [3.05, 3.63) is 65.7 Å². The molecule has 4 aromatic rings. The lowest BCUT2D eigenvalue weighted by Gasteiger charge is -2.05. The van der Waals surface area contributed by atoms with E-state index in [1.807, 2.05) is 5.38 Å². The maximum atomic E-state index is 13.4. The predicted octanol–water partition coefficient (Wildman–Crippen LogP) is 2.29. The predicted molar refractivity (Wildman–Crippen MR) is 106 cm³/mol. The summed E-state index contributed by atoms with van der Waals surface area (Å²) in [5.41, 5.74) is 1.86. The molecule has 3 heterocycles. The van der Waals surface area contributed by atoms with Crippen molar-refractivity contribution in [2.45, 2.75) is 6.42 Å². The highest BCUT2D eigenvalue weighted by atomic mass is 32.1. The molecule has 29 heavy (non-hydrogen) atoms. The number of carbonyl (C=O) groups excluding carboxylic acids is 2. The molecule has 0 radical (unpaired) electrons. The van der Waals surface area contributed by atoms with Gasteiger partial charge in [-0.3, -0.25) is 14.6 Å². The zero-order valence-corrected chi connectivity index (χ0v) is 15.8. The Labute approximate surface area is 168 Å². The van der Waals surface area contributed by atoms with Crippen LogP contribution in [-0.2, 0) is 16.0 Å². The van der Waals surface area contributed by atoms with E-state index < -0.39 is 11.8 Å². The van der Waals surface area contributed by atoms with Gasteiger partial charge in [-0.05, 0) is 24.3 Å². The minimum absolute atomic E-state index is 0.250. The Kier molecular flexibility index (Phi) is 5.25. The number of fused-ring (bicyclic) bond motifs is 1. The van der Waals surface area contributed by atoms with Crippen molar-refractivity contribution in [1.29, 1.82) is 0 Å². The van der Waals surface area contributed by atoms with Gasteiger partial charge in [-0.15, -0.1) is 16.4 Å². The molecule has 2 amide bonds. The van der Waals surface area contributed by atoms with Crippen molar-refractivity contribution >= 4 is 33.8 Å². The van der Waals surface area contributed by atoms with Crippen molar-refractivity contribution in [1.82, 2.24) is 24.9 Å². The molecular weight excluding hydrogens is 395 g/mol. The van der Waals surface area contributed by atoms with Crippen molar-refractivity contribution in [2.75, 3.05) is 11.9 Å². The summed E-state index contributed by atoms with van der Waals surface area (Å²) in [6.07, 6.45) is 3.48. The van der Waals surface area contributed by atoms with E-state index in [4.69, 9.17) is 0 Å². The number of nitrogens with one attached hydrogen (secondary N) is 2. The van der Waals surface area contributed by atoms with Crippen LogP contribution in [0.5, 0.6) is 0 Å². The second-order valence-corrected chi connectivity index (χ2v) is 6.91. The molecule has 8 nitrogen and oxygen atoms in total. The number of aromatic nitrogens is 4. The number of rotatable bonds is 5. The summed E-state index contributed by atoms with van der Waals surface area (Å²) < 4.78 is 15.1. The number of anilines is 1. The largest absolute Gasteiger partial charge is 0.347 e. The first-order valence-corrected chi connectivity index (χ1v) is 9.56. The quantitative estimate of drug-likeness (QED) is 0.492. The molecule has 0 spiro atoms. The van der Waals surface area contributed by atoms with Gasteiger partial charge in [-0.25, -0.2) is 8.91 Å². The van der Waals surface area contributed by atoms with E-state index in [9.17, 15) is 14.0 Å². The number of halogens is 1. The van der Waals surface area contributed by atoms with Crippen LogP contribution in [0.25, 0.3) is 16.3 Å². The first kappa shape index (κ1) is 18.7. The van der Waals surface area contributed by atoms with Crippen LogP contribution in [0.15, 0.2) is 54.2 Å². The van der Waals surface area contributed by atoms with Crippen LogP contribution >= 0.6 is 11.3 Å². The minimum Gasteiger partial charge on any atom is -0.347 e. The highest BCUT2D eigenvalue weighted by Gasteiger charge is 2.15. The van der Waals surface area contributed by atoms with Gasteiger partial charge in [0.25, 0.3) is 0 Å². The van der Waals surface area contributed by atoms with Gasteiger partial charge in [0.2, 0.25) is 4.96 Å². The fraction of sp³-hybridized carbons (Fsp3) is 0.105. The van der Waals surface area contributed by atoms with E-state index in [0.29, 0.717) is 28.5 Å². The van der Waals surface area contributed by atoms with Crippen molar-refractivity contribution in [3.63, 3.8) is 0 Å². The Morgan fingerprint density at radius 3 is 2.86 bits per heavy atom. The fourth-order valence-corrected chi connectivity index (χ4v) is 3.51. The lowest BCUT2D eigenvalue weighted by molar-refractivity contribution is -0.136. The number of benzene rings is 1. The van der Waals surface area contributed by atoms with Gasteiger partial charge in [0.05, 0.1) is 17.6 Å². The van der Waals surface area contributed by atoms with E-state index in [1.165, 1.54) is 29.7 Å². The first-order valence-electron chi connectivity index (χ1n) is 8.68. The number of carbonyl (C=O) groups is 2. The van der Waals surface area contributed by atoms with E-state index in [1.54, 1.807) is 35.0 Å². The van der Waals surface area contributed by atoms with Gasteiger partial charge in [0.1, 0.15) is 5.82 Å². The summed E-state index contributed by atoms with van der Waals surface area (Å²) in [5, 5.41) is 11.3. The highest BCUT2D eigenvalue weighted by Crippen LogP contribution is 2.21. The molecule has 146 valence electrons. The van der Waals surface area contributed by atoms with Crippen LogP contribution < -0.4 is 10.6 Å². The number of pyridine rings is 1. The Hall–Kier alpha value is -3.66. The van der Waals surface area contributed by atoms with Crippen LogP contribution in [0.1, 0.15) is 5.69 Å². The Balaban J connectivity index is 1.37. The summed E-state index contributed by atoms with van der Waals surface area (Å²) in [6.45, 7) is 0.250. The first-order chi connectivity index (χ1) is 14.1. The zero-order valence-electron chi connectivity index (χ0n) is 15.0. The zero-order chi connectivity index (χ0) is 20.2. The van der Waals surface area contributed by atoms with Gasteiger partial charge >= 0.3 is 11.8 Å². The minimum atomic E-state index is -0.761. The maximum Gasteiger partial charge on any atom is 0.313 e. The van der Waals surface area contributed by atoms with Gasteiger partial charge in [0.15, 0.2) is 5.82 Å². The molecule has 0 bridgehead atoms. The highest BCUT2D eigenvalue weighted by molar-refractivity contribution is 7.15. The van der Waals surface area contributed by atoms with Gasteiger partial charge in [-0.2, -0.15) is 4.98 Å². The number of nitrogens with zero attached hydrogens (tertiary/aromatic N) is 4. The van der Waals surface area contributed by atoms with Crippen LogP contribution in [0.2, 0.25) is 0 Å². The number of thiazole rings is 1. The second kappa shape index (κ2) is 8.15. The average Bonchev–Trinajstić information content (AvgIpc) is 3.30. The van der Waals surface area contributed by atoms with Crippen LogP contribution in [0, 0.1) is 5.82 Å². The molecule has 0 aliphatic carbocycles. The van der Waals surface area contributed by atoms with E-state index >= 15 is 0 Å². The summed E-state index contributed by atoms with van der Waals surface area (Å²) in [5.74, 6) is -1.42. The maximum absolute atomic E-state index is 13.4. The SMILES string of the molecule is O=C(NCCc1csc2nc(-c3cccc(F)c3)nn12)C(=O)Nc1cccnc1. The van der Waals surface area contributed by atoms with Crippen molar-refractivity contribution in [2.24, 2.45) is 0 Å². The van der Waals surface area contributed by atoms with Crippen LogP contribution in [0.4, 0.5) is 10.1 Å². The smallest absolute Gasteiger partial charge is 0.313 e. The standard InChI is InChI=1S/C19H15FN6O2S/c20-13-4-1-3-12(9-13)16-24-19-26(25-16)15(11-29-19)6-8-22-17(27)18(28)23-14-5-2-7-21-10-14/h1-5,7,9-11H,6,8H2,(H,22,27)(H,23,28). The van der Waals surface area contributed by atoms with E-state index in [0.717, 1.165) is 5.69 Å². The van der Waals surface area contributed by atoms with E-state index in [-0.39, 0.29) is 12.4 Å². The Morgan fingerprint density at radius 2 is 2.07 bits per heavy atom. The van der Waals surface area contributed by atoms with Crippen molar-refractivity contribution in [3.8, 4) is 11.4 Å². The summed E-state index contributed by atoms with van der Waals surface area (Å²) in [7, 11) is 0. The molecule has 1 aromatic carbocycles. The molecule has 0 saturated carbocycles. The lowest BCUT2D eigenvalue weighted by atomic mass is 10.2. The molecule has 10 heteroatoms. The lowest BCUT2D eigenvalue weighted by Crippen LogP contribution is -2.36. The number of hydrogen-bond acceptors (Lipinski definition) is 6. The molecule has 0 aliphatic heterocycles. The summed E-state index contributed by atoms with van der Waals surface area (Å²) >= 11 is 1.40. The molecular formula is C19H15FN6O2S. The Morgan fingerprint density at radius 1 is 1.17 bits per heavy atom. The molecule has 0 atom stereocenters. The molecule has 0 unspecified atom stereocenters. The monoisotopic (exact) mass is 410 g/mol. The topological polar surface area (TPSA) is 101 Å². The Bertz CT molecular complexity index is 1170. The van der Waals surface area contributed by atoms with Crippen LogP contribution in [-0.4, -0.2) is 37.9 Å². The summed E-state index contributed by atoms with van der Waals surface area (Å²) in [4.78, 5) is 32.8. The third-order valence-corrected chi connectivity index (χ3v) is 4.89. The number of amides is 2. The van der Waals surface area contributed by atoms with Gasteiger partial charge < -0.3 is 10.6 Å². The third kappa shape index (κ3) is 4.27.